The molecule has 0 saturated heterocycles. The second-order valence-corrected chi connectivity index (χ2v) is 8.51. The van der Waals surface area contributed by atoms with Crippen molar-refractivity contribution in [2.45, 2.75) is 37.3 Å². The van der Waals surface area contributed by atoms with Gasteiger partial charge in [-0.05, 0) is 54.4 Å². The van der Waals surface area contributed by atoms with Gasteiger partial charge in [-0.15, -0.1) is 0 Å². The molecule has 0 radical (unpaired) electrons. The Hall–Kier alpha value is -3.76. The zero-order valence-corrected chi connectivity index (χ0v) is 18.9. The number of hydrogen-bond donors (Lipinski definition) is 1. The molecule has 5 nitrogen and oxygen atoms in total. The van der Waals surface area contributed by atoms with E-state index in [4.69, 9.17) is 4.42 Å². The normalized spacial score (nSPS) is 19.1. The van der Waals surface area contributed by atoms with E-state index in [1.165, 1.54) is 31.5 Å². The number of likely N-dealkylation sites (N-methyl/N-ethyl adjacent to an activating group) is 1. The lowest BCUT2D eigenvalue weighted by Gasteiger charge is -2.40. The summed E-state index contributed by atoms with van der Waals surface area (Å²) < 4.78 is 86.7. The van der Waals surface area contributed by atoms with Gasteiger partial charge in [0.05, 0.1) is 35.4 Å². The molecule has 1 N–H and O–H groups in total. The summed E-state index contributed by atoms with van der Waals surface area (Å²) in [6.45, 7) is 1.61. The Morgan fingerprint density at radius 2 is 1.58 bits per heavy atom. The minimum atomic E-state index is -5.09. The van der Waals surface area contributed by atoms with Crippen LogP contribution in [0.2, 0.25) is 0 Å². The van der Waals surface area contributed by atoms with Crippen LogP contribution in [0.15, 0.2) is 65.3 Å². The van der Waals surface area contributed by atoms with Gasteiger partial charge in [-0.2, -0.15) is 26.3 Å². The lowest BCUT2D eigenvalue weighted by Crippen LogP contribution is -2.46. The van der Waals surface area contributed by atoms with Crippen LogP contribution < -0.4 is 5.32 Å². The van der Waals surface area contributed by atoms with Crippen LogP contribution >= 0.6 is 0 Å². The van der Waals surface area contributed by atoms with Crippen molar-refractivity contribution >= 4 is 11.8 Å². The molecule has 1 aromatic heterocycles. The van der Waals surface area contributed by atoms with Crippen molar-refractivity contribution in [3.8, 4) is 0 Å². The van der Waals surface area contributed by atoms with Gasteiger partial charge in [0.1, 0.15) is 5.76 Å². The third-order valence-corrected chi connectivity index (χ3v) is 6.14. The highest BCUT2D eigenvalue weighted by Crippen LogP contribution is 2.45. The molecule has 1 aliphatic heterocycles. The SMILES string of the molecule is CC(NC(=O)C1c2ccccc2C(=O)N(C)C1c1cc(C(F)(F)F)cc(C(F)(F)F)c1)c1ccco1. The highest BCUT2D eigenvalue weighted by Gasteiger charge is 2.45. The molecule has 3 atom stereocenters. The van der Waals surface area contributed by atoms with E-state index in [1.807, 2.05) is 0 Å². The maximum atomic E-state index is 13.6. The molecule has 2 amide bonds. The van der Waals surface area contributed by atoms with Gasteiger partial charge >= 0.3 is 12.4 Å². The smallest absolute Gasteiger partial charge is 0.416 e. The first-order valence-corrected chi connectivity index (χ1v) is 10.8. The van der Waals surface area contributed by atoms with E-state index in [9.17, 15) is 35.9 Å². The number of carbonyl (C=O) groups excluding carboxylic acids is 2. The maximum Gasteiger partial charge on any atom is 0.416 e. The predicted octanol–water partition coefficient (Wildman–Crippen LogP) is 6.11. The van der Waals surface area contributed by atoms with Gasteiger partial charge in [-0.3, -0.25) is 9.59 Å². The van der Waals surface area contributed by atoms with Crippen LogP contribution in [0.5, 0.6) is 0 Å². The Labute approximate surface area is 201 Å². The summed E-state index contributed by atoms with van der Waals surface area (Å²) >= 11 is 0. The number of fused-ring (bicyclic) bond motifs is 1. The average molecular weight is 510 g/mol. The van der Waals surface area contributed by atoms with Crippen LogP contribution in [0.1, 0.15) is 63.3 Å². The molecule has 2 aromatic carbocycles. The molecule has 0 fully saturated rings. The zero-order chi connectivity index (χ0) is 26.4. The Morgan fingerprint density at radius 1 is 0.972 bits per heavy atom. The molecule has 2 heterocycles. The topological polar surface area (TPSA) is 62.6 Å². The van der Waals surface area contributed by atoms with Gasteiger partial charge in [0, 0.05) is 12.6 Å². The van der Waals surface area contributed by atoms with Gasteiger partial charge in [-0.25, -0.2) is 0 Å². The van der Waals surface area contributed by atoms with Crippen molar-refractivity contribution in [3.63, 3.8) is 0 Å². The molecule has 1 aliphatic rings. The maximum absolute atomic E-state index is 13.6. The number of alkyl halides is 6. The zero-order valence-electron chi connectivity index (χ0n) is 18.9. The molecular formula is C25H20F6N2O3. The summed E-state index contributed by atoms with van der Waals surface area (Å²) in [7, 11) is 1.24. The van der Waals surface area contributed by atoms with Crippen molar-refractivity contribution in [1.82, 2.24) is 10.2 Å². The number of benzene rings is 2. The highest BCUT2D eigenvalue weighted by molar-refractivity contribution is 6.01. The van der Waals surface area contributed by atoms with Crippen LogP contribution in [0, 0.1) is 0 Å². The summed E-state index contributed by atoms with van der Waals surface area (Å²) in [5.74, 6) is -2.23. The summed E-state index contributed by atoms with van der Waals surface area (Å²) in [5.41, 5.74) is -3.20. The number of amides is 2. The van der Waals surface area contributed by atoms with Crippen LogP contribution in [-0.4, -0.2) is 23.8 Å². The highest BCUT2D eigenvalue weighted by atomic mass is 19.4. The summed E-state index contributed by atoms with van der Waals surface area (Å²) in [5, 5.41) is 2.70. The Morgan fingerprint density at radius 3 is 2.14 bits per heavy atom. The van der Waals surface area contributed by atoms with E-state index in [1.54, 1.807) is 25.1 Å². The van der Waals surface area contributed by atoms with E-state index in [0.29, 0.717) is 17.9 Å². The number of nitrogens with zero attached hydrogens (tertiary/aromatic N) is 1. The summed E-state index contributed by atoms with van der Waals surface area (Å²) in [6, 6.07) is 8.23. The number of hydrogen-bond acceptors (Lipinski definition) is 3. The molecule has 190 valence electrons. The first kappa shape index (κ1) is 25.3. The third kappa shape index (κ3) is 4.69. The first-order valence-electron chi connectivity index (χ1n) is 10.8. The molecule has 0 aliphatic carbocycles. The fourth-order valence-electron chi connectivity index (χ4n) is 4.44. The molecular weight excluding hydrogens is 490 g/mol. The Balaban J connectivity index is 1.88. The van der Waals surface area contributed by atoms with E-state index in [-0.39, 0.29) is 17.2 Å². The fourth-order valence-corrected chi connectivity index (χ4v) is 4.44. The van der Waals surface area contributed by atoms with E-state index < -0.39 is 58.9 Å². The third-order valence-electron chi connectivity index (χ3n) is 6.14. The molecule has 4 rings (SSSR count). The van der Waals surface area contributed by atoms with Crippen molar-refractivity contribution in [1.29, 1.82) is 0 Å². The fraction of sp³-hybridized carbons (Fsp3) is 0.280. The lowest BCUT2D eigenvalue weighted by atomic mass is 9.78. The van der Waals surface area contributed by atoms with E-state index in [2.05, 4.69) is 5.32 Å². The largest absolute Gasteiger partial charge is 0.467 e. The number of furan rings is 1. The predicted molar refractivity (Wildman–Crippen MR) is 116 cm³/mol. The van der Waals surface area contributed by atoms with Crippen LogP contribution in [-0.2, 0) is 17.1 Å². The number of carbonyl (C=O) groups is 2. The first-order chi connectivity index (χ1) is 16.8. The van der Waals surface area contributed by atoms with E-state index >= 15 is 0 Å². The van der Waals surface area contributed by atoms with Crippen molar-refractivity contribution < 1.29 is 40.3 Å². The Kier molecular flexibility index (Phi) is 6.36. The van der Waals surface area contributed by atoms with Gasteiger partial charge in [0.25, 0.3) is 5.91 Å². The molecule has 0 spiro atoms. The minimum Gasteiger partial charge on any atom is -0.467 e. The van der Waals surface area contributed by atoms with Crippen molar-refractivity contribution in [2.75, 3.05) is 7.05 Å². The van der Waals surface area contributed by atoms with Crippen LogP contribution in [0.3, 0.4) is 0 Å². The second-order valence-electron chi connectivity index (χ2n) is 8.51. The molecule has 36 heavy (non-hydrogen) atoms. The van der Waals surface area contributed by atoms with Crippen LogP contribution in [0.4, 0.5) is 26.3 Å². The average Bonchev–Trinajstić information content (AvgIpc) is 3.35. The summed E-state index contributed by atoms with van der Waals surface area (Å²) in [4.78, 5) is 27.6. The second kappa shape index (κ2) is 9.03. The van der Waals surface area contributed by atoms with Gasteiger partial charge in [-0.1, -0.05) is 18.2 Å². The molecule has 3 unspecified atom stereocenters. The van der Waals surface area contributed by atoms with Crippen molar-refractivity contribution in [2.24, 2.45) is 0 Å². The van der Waals surface area contributed by atoms with Gasteiger partial charge < -0.3 is 14.6 Å². The number of halogens is 6. The van der Waals surface area contributed by atoms with Crippen molar-refractivity contribution in [3.05, 3.63) is 94.4 Å². The van der Waals surface area contributed by atoms with Gasteiger partial charge in [0.2, 0.25) is 5.91 Å². The molecule has 0 saturated carbocycles. The number of nitrogens with one attached hydrogen (secondary N) is 1. The Bertz CT molecular complexity index is 1250. The summed E-state index contributed by atoms with van der Waals surface area (Å²) in [6.07, 6.45) is -8.78. The monoisotopic (exact) mass is 510 g/mol. The lowest BCUT2D eigenvalue weighted by molar-refractivity contribution is -0.143. The minimum absolute atomic E-state index is 0.0101. The van der Waals surface area contributed by atoms with E-state index in [0.717, 1.165) is 4.90 Å². The van der Waals surface area contributed by atoms with Gasteiger partial charge in [0.15, 0.2) is 0 Å². The van der Waals surface area contributed by atoms with Crippen LogP contribution in [0.25, 0.3) is 0 Å². The standard InChI is InChI=1S/C25H20F6N2O3/c1-13(19-8-5-9-36-19)32-22(34)20-17-6-3-4-7-18(17)23(35)33(2)21(20)14-10-15(24(26,27)28)12-16(11-14)25(29,30)31/h3-13,20-21H,1-2H3,(H,32,34). The quantitative estimate of drug-likeness (QED) is 0.431. The number of rotatable bonds is 4. The molecule has 3 aromatic rings. The molecule has 11 heteroatoms. The molecule has 0 bridgehead atoms.